The van der Waals surface area contributed by atoms with Gasteiger partial charge < -0.3 is 14.6 Å². The summed E-state index contributed by atoms with van der Waals surface area (Å²) in [6, 6.07) is 12.9. The number of thiazole rings is 1. The summed E-state index contributed by atoms with van der Waals surface area (Å²) in [5.41, 5.74) is 0.880. The van der Waals surface area contributed by atoms with E-state index in [2.05, 4.69) is 4.98 Å². The number of benzene rings is 3. The molecule has 1 fully saturated rings. The lowest BCUT2D eigenvalue weighted by Crippen LogP contribution is -2.29. The second-order valence-electron chi connectivity index (χ2n) is 8.77. The third kappa shape index (κ3) is 4.95. The molecule has 1 atom stereocenters. The molecule has 5 rings (SSSR count). The molecule has 7 nitrogen and oxygen atoms in total. The molecule has 3 aromatic carbocycles. The number of fused-ring (bicyclic) bond motifs is 1. The summed E-state index contributed by atoms with van der Waals surface area (Å²) in [6.45, 7) is 4.59. The van der Waals surface area contributed by atoms with Gasteiger partial charge in [-0.2, -0.15) is 0 Å². The highest BCUT2D eigenvalue weighted by atomic mass is 32.1. The van der Waals surface area contributed by atoms with Crippen LogP contribution in [0.1, 0.15) is 37.4 Å². The molecular weight excluding hydrogens is 526 g/mol. The zero-order chi connectivity index (χ0) is 27.7. The molecular formula is C29H24F2N2O5S. The van der Waals surface area contributed by atoms with Gasteiger partial charge in [-0.1, -0.05) is 24.3 Å². The highest BCUT2D eigenvalue weighted by Crippen LogP contribution is 2.46. The standard InChI is InChI=1S/C29H24F2N2O5S/c1-3-13-38-21-12-7-17(14-22(21)37-4-2)25-24(26(34)16-5-8-18(30)9-6-16)27(35)28(36)33(25)29-32-20-11-10-19(31)15-23(20)39-29/h5-12,14-15,25,34H,3-4,13H2,1-2H3/b26-24+. The van der Waals surface area contributed by atoms with E-state index in [9.17, 15) is 23.5 Å². The fourth-order valence-electron chi connectivity index (χ4n) is 4.39. The lowest BCUT2D eigenvalue weighted by atomic mass is 9.95. The molecule has 0 bridgehead atoms. The highest BCUT2D eigenvalue weighted by Gasteiger charge is 2.48. The van der Waals surface area contributed by atoms with Crippen molar-refractivity contribution in [2.75, 3.05) is 18.1 Å². The Kier molecular flexibility index (Phi) is 7.30. The van der Waals surface area contributed by atoms with Crippen molar-refractivity contribution in [3.63, 3.8) is 0 Å². The molecule has 4 aromatic rings. The van der Waals surface area contributed by atoms with Crippen molar-refractivity contribution in [2.24, 2.45) is 0 Å². The van der Waals surface area contributed by atoms with E-state index in [4.69, 9.17) is 9.47 Å². The number of aromatic nitrogens is 1. The summed E-state index contributed by atoms with van der Waals surface area (Å²) in [5.74, 6) is -2.39. The number of aliphatic hydroxyl groups excluding tert-OH is 1. The molecule has 200 valence electrons. The van der Waals surface area contributed by atoms with Crippen LogP contribution in [-0.4, -0.2) is 35.0 Å². The fraction of sp³-hybridized carbons (Fsp3) is 0.207. The number of hydrogen-bond donors (Lipinski definition) is 1. The summed E-state index contributed by atoms with van der Waals surface area (Å²) in [5, 5.41) is 11.4. The Balaban J connectivity index is 1.71. The van der Waals surface area contributed by atoms with E-state index in [0.717, 1.165) is 29.9 Å². The van der Waals surface area contributed by atoms with Crippen LogP contribution >= 0.6 is 11.3 Å². The molecule has 2 heterocycles. The zero-order valence-electron chi connectivity index (χ0n) is 21.1. The first-order valence-electron chi connectivity index (χ1n) is 12.3. The van der Waals surface area contributed by atoms with Crippen LogP contribution in [0.15, 0.2) is 66.2 Å². The van der Waals surface area contributed by atoms with Crippen molar-refractivity contribution in [3.05, 3.63) is 89.0 Å². The number of nitrogens with zero attached hydrogens (tertiary/aromatic N) is 2. The maximum atomic E-state index is 13.9. The summed E-state index contributed by atoms with van der Waals surface area (Å²) in [6.07, 6.45) is 0.781. The van der Waals surface area contributed by atoms with Crippen molar-refractivity contribution < 1.29 is 33.0 Å². The quantitative estimate of drug-likeness (QED) is 0.155. The van der Waals surface area contributed by atoms with Gasteiger partial charge in [0.05, 0.1) is 35.0 Å². The molecule has 1 unspecified atom stereocenters. The minimum atomic E-state index is -1.10. The summed E-state index contributed by atoms with van der Waals surface area (Å²) < 4.78 is 39.5. The molecule has 1 saturated heterocycles. The predicted molar refractivity (Wildman–Crippen MR) is 144 cm³/mol. The number of amides is 1. The van der Waals surface area contributed by atoms with Crippen LogP contribution in [0.4, 0.5) is 13.9 Å². The number of Topliss-reactive ketones (excluding diaryl/α,β-unsaturated/α-hetero) is 1. The van der Waals surface area contributed by atoms with Crippen LogP contribution in [0.2, 0.25) is 0 Å². The van der Waals surface area contributed by atoms with Gasteiger partial charge in [-0.05, 0) is 73.5 Å². The topological polar surface area (TPSA) is 89.0 Å². The van der Waals surface area contributed by atoms with Crippen LogP contribution < -0.4 is 14.4 Å². The number of aliphatic hydroxyl groups is 1. The maximum Gasteiger partial charge on any atom is 0.301 e. The van der Waals surface area contributed by atoms with Crippen molar-refractivity contribution >= 4 is 44.1 Å². The predicted octanol–water partition coefficient (Wildman–Crippen LogP) is 6.39. The summed E-state index contributed by atoms with van der Waals surface area (Å²) in [4.78, 5) is 32.6. The van der Waals surface area contributed by atoms with Gasteiger partial charge in [0.2, 0.25) is 0 Å². The minimum Gasteiger partial charge on any atom is -0.507 e. The van der Waals surface area contributed by atoms with E-state index in [1.54, 1.807) is 18.2 Å². The first kappa shape index (κ1) is 26.3. The lowest BCUT2D eigenvalue weighted by Gasteiger charge is -2.24. The van der Waals surface area contributed by atoms with Gasteiger partial charge in [-0.25, -0.2) is 13.8 Å². The van der Waals surface area contributed by atoms with Crippen molar-refractivity contribution in [1.82, 2.24) is 4.98 Å². The molecule has 1 aromatic heterocycles. The molecule has 1 aliphatic heterocycles. The number of hydrogen-bond acceptors (Lipinski definition) is 7. The van der Waals surface area contributed by atoms with Gasteiger partial charge in [0.1, 0.15) is 17.4 Å². The normalized spacial score (nSPS) is 16.7. The molecule has 1 amide bonds. The monoisotopic (exact) mass is 550 g/mol. The Labute approximate surface area is 226 Å². The average molecular weight is 551 g/mol. The van der Waals surface area contributed by atoms with E-state index in [0.29, 0.717) is 40.5 Å². The number of anilines is 1. The van der Waals surface area contributed by atoms with Crippen molar-refractivity contribution in [1.29, 1.82) is 0 Å². The summed E-state index contributed by atoms with van der Waals surface area (Å²) in [7, 11) is 0. The van der Waals surface area contributed by atoms with E-state index >= 15 is 0 Å². The Bertz CT molecular complexity index is 1600. The Hall–Kier alpha value is -4.31. The Morgan fingerprint density at radius 2 is 1.72 bits per heavy atom. The molecule has 1 N–H and O–H groups in total. The smallest absolute Gasteiger partial charge is 0.301 e. The number of ether oxygens (including phenoxy) is 2. The van der Waals surface area contributed by atoms with Crippen molar-refractivity contribution in [2.45, 2.75) is 26.3 Å². The van der Waals surface area contributed by atoms with Crippen LogP contribution in [0, 0.1) is 11.6 Å². The van der Waals surface area contributed by atoms with Crippen LogP contribution in [-0.2, 0) is 9.59 Å². The van der Waals surface area contributed by atoms with E-state index in [1.807, 2.05) is 13.8 Å². The van der Waals surface area contributed by atoms with Gasteiger partial charge in [-0.15, -0.1) is 0 Å². The molecule has 0 spiro atoms. The third-order valence-corrected chi connectivity index (χ3v) is 7.17. The second-order valence-corrected chi connectivity index (χ2v) is 9.78. The SMILES string of the molecule is CCCOc1ccc(C2/C(=C(\O)c3ccc(F)cc3)C(=O)C(=O)N2c2nc3ccc(F)cc3s2)cc1OCC. The van der Waals surface area contributed by atoms with E-state index in [-0.39, 0.29) is 16.3 Å². The number of rotatable bonds is 8. The lowest BCUT2D eigenvalue weighted by molar-refractivity contribution is -0.132. The molecule has 10 heteroatoms. The fourth-order valence-corrected chi connectivity index (χ4v) is 5.41. The van der Waals surface area contributed by atoms with Gasteiger partial charge in [0, 0.05) is 5.56 Å². The van der Waals surface area contributed by atoms with Crippen LogP contribution in [0.5, 0.6) is 11.5 Å². The van der Waals surface area contributed by atoms with Crippen LogP contribution in [0.3, 0.4) is 0 Å². The first-order valence-corrected chi connectivity index (χ1v) is 13.2. The molecule has 0 aliphatic carbocycles. The first-order chi connectivity index (χ1) is 18.8. The van der Waals surface area contributed by atoms with E-state index in [1.165, 1.54) is 35.2 Å². The third-order valence-electron chi connectivity index (χ3n) is 6.15. The van der Waals surface area contributed by atoms with Crippen LogP contribution in [0.25, 0.3) is 16.0 Å². The number of ketones is 1. The van der Waals surface area contributed by atoms with Gasteiger partial charge in [-0.3, -0.25) is 14.5 Å². The average Bonchev–Trinajstić information content (AvgIpc) is 3.45. The van der Waals surface area contributed by atoms with Gasteiger partial charge in [0.25, 0.3) is 5.78 Å². The number of carbonyl (C=O) groups excluding carboxylic acids is 2. The molecule has 39 heavy (non-hydrogen) atoms. The Morgan fingerprint density at radius 1 is 0.974 bits per heavy atom. The molecule has 0 saturated carbocycles. The zero-order valence-corrected chi connectivity index (χ0v) is 21.9. The van der Waals surface area contributed by atoms with Gasteiger partial charge in [0.15, 0.2) is 16.6 Å². The highest BCUT2D eigenvalue weighted by molar-refractivity contribution is 7.22. The minimum absolute atomic E-state index is 0.158. The second kappa shape index (κ2) is 10.8. The van der Waals surface area contributed by atoms with Gasteiger partial charge >= 0.3 is 5.91 Å². The maximum absolute atomic E-state index is 13.9. The Morgan fingerprint density at radius 3 is 2.44 bits per heavy atom. The largest absolute Gasteiger partial charge is 0.507 e. The molecule has 1 aliphatic rings. The molecule has 0 radical (unpaired) electrons. The number of halogens is 2. The number of carbonyl (C=O) groups is 2. The van der Waals surface area contributed by atoms with Crippen molar-refractivity contribution in [3.8, 4) is 11.5 Å². The van der Waals surface area contributed by atoms with E-state index < -0.39 is 35.1 Å². The summed E-state index contributed by atoms with van der Waals surface area (Å²) >= 11 is 1.05.